The van der Waals surface area contributed by atoms with Gasteiger partial charge in [-0.3, -0.25) is 9.36 Å². The maximum absolute atomic E-state index is 13.0. The second-order valence-electron chi connectivity index (χ2n) is 7.29. The lowest BCUT2D eigenvalue weighted by molar-refractivity contribution is 0.0956. The Morgan fingerprint density at radius 1 is 0.879 bits per heavy atom. The molecule has 162 valence electrons. The van der Waals surface area contributed by atoms with E-state index < -0.39 is 0 Å². The van der Waals surface area contributed by atoms with Crippen LogP contribution in [0.5, 0.6) is 0 Å². The summed E-state index contributed by atoms with van der Waals surface area (Å²) in [7, 11) is 0. The van der Waals surface area contributed by atoms with Crippen LogP contribution in [0.1, 0.15) is 15.4 Å². The molecule has 33 heavy (non-hydrogen) atoms. The summed E-state index contributed by atoms with van der Waals surface area (Å²) in [5.41, 5.74) is 7.50. The molecule has 0 fully saturated rings. The summed E-state index contributed by atoms with van der Waals surface area (Å²) in [5.74, 6) is -0.263. The number of nitrogens with zero attached hydrogens (tertiary/aromatic N) is 3. The molecule has 7 heteroatoms. The van der Waals surface area contributed by atoms with Crippen molar-refractivity contribution in [1.82, 2.24) is 15.0 Å². The van der Waals surface area contributed by atoms with E-state index in [9.17, 15) is 4.79 Å². The van der Waals surface area contributed by atoms with Crippen LogP contribution in [0.25, 0.3) is 27.5 Å². The van der Waals surface area contributed by atoms with Crippen molar-refractivity contribution in [2.24, 2.45) is 5.10 Å². The first-order valence-corrected chi connectivity index (χ1v) is 12.1. The highest BCUT2D eigenvalue weighted by atomic mass is 32.1. The first kappa shape index (κ1) is 21.1. The summed E-state index contributed by atoms with van der Waals surface area (Å²) in [6.07, 6.45) is 0. The van der Waals surface area contributed by atoms with Gasteiger partial charge in [-0.1, -0.05) is 78.9 Å². The molecule has 0 saturated heterocycles. The van der Waals surface area contributed by atoms with Gasteiger partial charge in [-0.15, -0.1) is 27.8 Å². The van der Waals surface area contributed by atoms with Crippen molar-refractivity contribution in [2.75, 3.05) is 0 Å². The summed E-state index contributed by atoms with van der Waals surface area (Å²) in [4.78, 5) is 18.8. The number of thiazole rings is 2. The molecule has 0 aliphatic carbocycles. The molecule has 5 rings (SSSR count). The van der Waals surface area contributed by atoms with E-state index in [1.54, 1.807) is 0 Å². The summed E-state index contributed by atoms with van der Waals surface area (Å²) in [6, 6.07) is 30.0. The molecule has 0 aliphatic rings. The Balaban J connectivity index is 1.50. The van der Waals surface area contributed by atoms with Gasteiger partial charge in [0.1, 0.15) is 9.88 Å². The normalized spacial score (nSPS) is 11.5. The monoisotopic (exact) mass is 468 g/mol. The van der Waals surface area contributed by atoms with E-state index >= 15 is 0 Å². The second-order valence-corrected chi connectivity index (χ2v) is 9.13. The molecule has 5 aromatic rings. The number of aromatic nitrogens is 2. The average molecular weight is 469 g/mol. The van der Waals surface area contributed by atoms with Gasteiger partial charge in [0.05, 0.1) is 11.4 Å². The fraction of sp³-hybridized carbons (Fsp3) is 0.0385. The first-order valence-electron chi connectivity index (χ1n) is 10.4. The predicted molar refractivity (Wildman–Crippen MR) is 134 cm³/mol. The smallest absolute Gasteiger partial charge is 0.283 e. The third kappa shape index (κ3) is 4.41. The molecule has 5 nitrogen and oxygen atoms in total. The van der Waals surface area contributed by atoms with Gasteiger partial charge in [-0.25, -0.2) is 10.4 Å². The van der Waals surface area contributed by atoms with Gasteiger partial charge >= 0.3 is 0 Å². The first-order chi connectivity index (χ1) is 16.2. The lowest BCUT2D eigenvalue weighted by Gasteiger charge is -2.09. The van der Waals surface area contributed by atoms with Crippen LogP contribution in [0.4, 0.5) is 0 Å². The largest absolute Gasteiger partial charge is 0.284 e. The van der Waals surface area contributed by atoms with Crippen LogP contribution in [0.3, 0.4) is 0 Å². The summed E-state index contributed by atoms with van der Waals surface area (Å²) < 4.78 is 2.05. The van der Waals surface area contributed by atoms with Gasteiger partial charge in [0.2, 0.25) is 4.80 Å². The Morgan fingerprint density at radius 3 is 2.15 bits per heavy atom. The number of para-hydroxylation sites is 1. The van der Waals surface area contributed by atoms with Gasteiger partial charge in [0, 0.05) is 16.6 Å². The molecular formula is C26H20N4OS2. The number of benzene rings is 3. The van der Waals surface area contributed by atoms with Gasteiger partial charge in [0.25, 0.3) is 5.91 Å². The highest BCUT2D eigenvalue weighted by Gasteiger charge is 2.16. The maximum Gasteiger partial charge on any atom is 0.283 e. The van der Waals surface area contributed by atoms with Crippen LogP contribution in [-0.2, 0) is 0 Å². The maximum atomic E-state index is 13.0. The molecule has 0 aliphatic heterocycles. The zero-order valence-corrected chi connectivity index (χ0v) is 19.4. The van der Waals surface area contributed by atoms with Gasteiger partial charge < -0.3 is 0 Å². The van der Waals surface area contributed by atoms with E-state index in [2.05, 4.69) is 37.6 Å². The lowest BCUT2D eigenvalue weighted by Crippen LogP contribution is -2.24. The minimum absolute atomic E-state index is 0.263. The van der Waals surface area contributed by atoms with Crippen LogP contribution in [0.2, 0.25) is 0 Å². The minimum atomic E-state index is -0.263. The molecule has 0 atom stereocenters. The highest BCUT2D eigenvalue weighted by Crippen LogP contribution is 2.28. The lowest BCUT2D eigenvalue weighted by atomic mass is 10.1. The summed E-state index contributed by atoms with van der Waals surface area (Å²) in [6.45, 7) is 1.85. The van der Waals surface area contributed by atoms with E-state index in [0.717, 1.165) is 27.5 Å². The third-order valence-corrected chi connectivity index (χ3v) is 7.10. The Hall–Kier alpha value is -3.81. The Kier molecular flexibility index (Phi) is 5.97. The van der Waals surface area contributed by atoms with E-state index in [0.29, 0.717) is 15.4 Å². The molecule has 0 radical (unpaired) electrons. The van der Waals surface area contributed by atoms with Crippen molar-refractivity contribution in [1.29, 1.82) is 0 Å². The van der Waals surface area contributed by atoms with Crippen molar-refractivity contribution in [3.63, 3.8) is 0 Å². The third-order valence-electron chi connectivity index (χ3n) is 5.07. The van der Waals surface area contributed by atoms with E-state index in [1.165, 1.54) is 22.7 Å². The molecule has 0 spiro atoms. The predicted octanol–water partition coefficient (Wildman–Crippen LogP) is 5.88. The Labute approximate surface area is 199 Å². The number of hydrogen-bond acceptors (Lipinski definition) is 5. The van der Waals surface area contributed by atoms with Crippen molar-refractivity contribution in [2.45, 2.75) is 6.92 Å². The van der Waals surface area contributed by atoms with Gasteiger partial charge in [-0.05, 0) is 24.6 Å². The van der Waals surface area contributed by atoms with Crippen LogP contribution < -0.4 is 10.2 Å². The number of amides is 1. The summed E-state index contributed by atoms with van der Waals surface area (Å²) >= 11 is 2.85. The number of rotatable bonds is 5. The molecule has 2 heterocycles. The second kappa shape index (κ2) is 9.36. The molecule has 0 bridgehead atoms. The van der Waals surface area contributed by atoms with E-state index in [-0.39, 0.29) is 5.91 Å². The average Bonchev–Trinajstić information content (AvgIpc) is 3.48. The standard InChI is InChI=1S/C26H20N4OS2/c1-18-23(33-25(27-18)20-13-7-3-8-14-20)24(31)28-29-26-30(21-15-9-4-10-16-21)22(17-32-26)19-11-5-2-6-12-19/h2-17H,1H3,(H,28,31). The highest BCUT2D eigenvalue weighted by molar-refractivity contribution is 7.17. The Bertz CT molecular complexity index is 1450. The number of hydrogen-bond donors (Lipinski definition) is 1. The molecule has 2 aromatic heterocycles. The topological polar surface area (TPSA) is 59.3 Å². The molecule has 0 saturated carbocycles. The molecular weight excluding hydrogens is 448 g/mol. The van der Waals surface area contributed by atoms with Gasteiger partial charge in [0.15, 0.2) is 0 Å². The molecule has 3 aromatic carbocycles. The van der Waals surface area contributed by atoms with Crippen LogP contribution in [-0.4, -0.2) is 15.5 Å². The zero-order chi connectivity index (χ0) is 22.6. The minimum Gasteiger partial charge on any atom is -0.284 e. The fourth-order valence-corrected chi connectivity index (χ4v) is 5.31. The number of aryl methyl sites for hydroxylation is 1. The van der Waals surface area contributed by atoms with E-state index in [4.69, 9.17) is 0 Å². The quantitative estimate of drug-likeness (QED) is 0.327. The SMILES string of the molecule is Cc1nc(-c2ccccc2)sc1C(=O)NN=c1scc(-c2ccccc2)n1-c1ccccc1. The van der Waals surface area contributed by atoms with Crippen LogP contribution in [0.15, 0.2) is 101 Å². The number of nitrogens with one attached hydrogen (secondary N) is 1. The van der Waals surface area contributed by atoms with Gasteiger partial charge in [-0.2, -0.15) is 0 Å². The zero-order valence-electron chi connectivity index (χ0n) is 17.8. The number of carbonyl (C=O) groups excluding carboxylic acids is 1. The van der Waals surface area contributed by atoms with Crippen molar-refractivity contribution in [3.05, 3.63) is 112 Å². The van der Waals surface area contributed by atoms with Crippen LogP contribution >= 0.6 is 22.7 Å². The molecule has 0 unspecified atom stereocenters. The van der Waals surface area contributed by atoms with E-state index in [1.807, 2.05) is 85.8 Å². The number of carbonyl (C=O) groups is 1. The van der Waals surface area contributed by atoms with Crippen molar-refractivity contribution >= 4 is 28.6 Å². The molecule has 1 amide bonds. The van der Waals surface area contributed by atoms with Crippen LogP contribution in [0, 0.1) is 6.92 Å². The van der Waals surface area contributed by atoms with Crippen molar-refractivity contribution < 1.29 is 4.79 Å². The van der Waals surface area contributed by atoms with Crippen molar-refractivity contribution in [3.8, 4) is 27.5 Å². The fourth-order valence-electron chi connectivity index (χ4n) is 3.49. The summed E-state index contributed by atoms with van der Waals surface area (Å²) in [5, 5.41) is 7.36. The molecule has 1 N–H and O–H groups in total. The Morgan fingerprint density at radius 2 is 1.48 bits per heavy atom.